The van der Waals surface area contributed by atoms with Crippen molar-refractivity contribution in [3.05, 3.63) is 0 Å². The zero-order chi connectivity index (χ0) is 9.28. The normalized spacial score (nSPS) is 14.2. The van der Waals surface area contributed by atoms with Crippen LogP contribution < -0.4 is 0 Å². The molecule has 0 rings (SSSR count). The van der Waals surface area contributed by atoms with E-state index in [2.05, 4.69) is 44.3 Å². The number of rotatable bonds is 3. The van der Waals surface area contributed by atoms with Crippen molar-refractivity contribution < 1.29 is 0 Å². The molecule has 11 heavy (non-hydrogen) atoms. The van der Waals surface area contributed by atoms with Crippen LogP contribution in [0.1, 0.15) is 6.92 Å². The average molecular weight is 278 g/mol. The molecule has 0 amide bonds. The summed E-state index contributed by atoms with van der Waals surface area (Å²) in [5, 5.41) is 0. The number of hydrogen-bond donors (Lipinski definition) is 0. The second-order valence-electron chi connectivity index (χ2n) is 5.09. The van der Waals surface area contributed by atoms with Gasteiger partial charge in [0.05, 0.1) is 0 Å². The Balaban J connectivity index is 4.43. The Morgan fingerprint density at radius 2 is 1.09 bits per heavy atom. The van der Waals surface area contributed by atoms with Gasteiger partial charge in [-0.15, -0.1) is 0 Å². The van der Waals surface area contributed by atoms with Crippen molar-refractivity contribution in [3.63, 3.8) is 0 Å². The van der Waals surface area contributed by atoms with Gasteiger partial charge in [0.2, 0.25) is 0 Å². The summed E-state index contributed by atoms with van der Waals surface area (Å²) in [6.45, 7) is 3.60. The third kappa shape index (κ3) is 3.99. The van der Waals surface area contributed by atoms with Crippen molar-refractivity contribution in [1.29, 1.82) is 0 Å². The van der Waals surface area contributed by atoms with Crippen molar-refractivity contribution in [2.75, 3.05) is 6.54 Å². The minimum atomic E-state index is -1.49. The number of hydrogen-bond acceptors (Lipinski definition) is 1. The van der Waals surface area contributed by atoms with E-state index in [1.807, 2.05) is 0 Å². The molecule has 0 saturated carbocycles. The van der Waals surface area contributed by atoms with Crippen LogP contribution in [0.5, 0.6) is 0 Å². The van der Waals surface area contributed by atoms with Gasteiger partial charge in [-0.1, -0.05) is 0 Å². The molecule has 0 heterocycles. The van der Waals surface area contributed by atoms with E-state index in [4.69, 9.17) is 0 Å². The summed E-state index contributed by atoms with van der Waals surface area (Å²) in [4.78, 5) is 0. The zero-order valence-electron chi connectivity index (χ0n) is 9.15. The first-order valence-corrected chi connectivity index (χ1v) is 18.9. The Hall–Kier alpha value is 1.05. The van der Waals surface area contributed by atoms with E-state index < -0.39 is 27.0 Å². The van der Waals surface area contributed by atoms with Crippen LogP contribution in [0.25, 0.3) is 0 Å². The summed E-state index contributed by atoms with van der Waals surface area (Å²) in [5.74, 6) is 15.0. The third-order valence-corrected chi connectivity index (χ3v) is 24.7. The van der Waals surface area contributed by atoms with Gasteiger partial charge in [0.1, 0.15) is 0 Å². The van der Waals surface area contributed by atoms with Gasteiger partial charge >= 0.3 is 77.8 Å². The fourth-order valence-corrected chi connectivity index (χ4v) is 32.1. The first kappa shape index (κ1) is 12.0. The maximum atomic E-state index is 2.88. The van der Waals surface area contributed by atoms with Gasteiger partial charge in [-0.25, -0.2) is 0 Å². The van der Waals surface area contributed by atoms with Crippen LogP contribution >= 0.6 is 0 Å². The van der Waals surface area contributed by atoms with Crippen LogP contribution in [0.15, 0.2) is 0 Å². The van der Waals surface area contributed by atoms with Gasteiger partial charge in [-0.3, -0.25) is 0 Å². The molecule has 68 valence electrons. The standard InChI is InChI=1S/C8H23Ge2N/c1-8-11(9(2,3)4)10(5,6)7/h8H2,1-7H3. The molecule has 0 aliphatic carbocycles. The Morgan fingerprint density at radius 3 is 1.09 bits per heavy atom. The topological polar surface area (TPSA) is 3.24 Å². The molecule has 0 saturated heterocycles. The van der Waals surface area contributed by atoms with Gasteiger partial charge in [0.25, 0.3) is 0 Å². The van der Waals surface area contributed by atoms with Crippen LogP contribution in [-0.4, -0.2) is 36.3 Å². The summed E-state index contributed by atoms with van der Waals surface area (Å²) in [6, 6.07) is 0. The molecular weight excluding hydrogens is 255 g/mol. The number of nitrogens with zero attached hydrogens (tertiary/aromatic N) is 1. The Bertz CT molecular complexity index is 107. The van der Waals surface area contributed by atoms with Crippen molar-refractivity contribution >= 4 is 27.0 Å². The van der Waals surface area contributed by atoms with Crippen LogP contribution in [-0.2, 0) is 0 Å². The average Bonchev–Trinajstić information content (AvgIpc) is 1.56. The van der Waals surface area contributed by atoms with Gasteiger partial charge in [-0.05, 0) is 0 Å². The van der Waals surface area contributed by atoms with Crippen LogP contribution in [0, 0.1) is 0 Å². The summed E-state index contributed by atoms with van der Waals surface area (Å²) in [7, 11) is 0. The molecule has 0 aliphatic rings. The fraction of sp³-hybridized carbons (Fsp3) is 1.00. The predicted octanol–water partition coefficient (Wildman–Crippen LogP) is 2.98. The molecule has 0 N–H and O–H groups in total. The van der Waals surface area contributed by atoms with E-state index in [0.717, 1.165) is 0 Å². The summed E-state index contributed by atoms with van der Waals surface area (Å²) in [6.07, 6.45) is 0. The third-order valence-electron chi connectivity index (χ3n) is 1.94. The van der Waals surface area contributed by atoms with Crippen molar-refractivity contribution in [2.45, 2.75) is 41.5 Å². The Morgan fingerprint density at radius 1 is 0.818 bits per heavy atom. The molecule has 0 fully saturated rings. The molecule has 0 aromatic heterocycles. The van der Waals surface area contributed by atoms with Gasteiger partial charge in [0, 0.05) is 0 Å². The molecule has 1 nitrogen and oxygen atoms in total. The molecule has 0 spiro atoms. The van der Waals surface area contributed by atoms with E-state index in [0.29, 0.717) is 0 Å². The van der Waals surface area contributed by atoms with Gasteiger partial charge in [0.15, 0.2) is 0 Å². The van der Waals surface area contributed by atoms with Crippen LogP contribution in [0.2, 0.25) is 34.5 Å². The first-order valence-electron chi connectivity index (χ1n) is 4.47. The van der Waals surface area contributed by atoms with Crippen molar-refractivity contribution in [3.8, 4) is 0 Å². The SMILES string of the molecule is CC[N]([Ge]([CH3])([CH3])[CH3])[Ge]([CH3])([CH3])[CH3]. The van der Waals surface area contributed by atoms with E-state index in [9.17, 15) is 0 Å². The second-order valence-corrected chi connectivity index (χ2v) is 27.5. The summed E-state index contributed by atoms with van der Waals surface area (Å²) in [5.41, 5.74) is 0. The molecular formula is C8H23Ge2N. The van der Waals surface area contributed by atoms with Gasteiger partial charge in [-0.2, -0.15) is 0 Å². The van der Waals surface area contributed by atoms with E-state index in [1.54, 1.807) is 0 Å². The fourth-order valence-electron chi connectivity index (χ4n) is 1.95. The molecule has 0 aromatic rings. The molecule has 0 unspecified atom stereocenters. The molecule has 0 aliphatic heterocycles. The molecule has 0 bridgehead atoms. The molecule has 3 heteroatoms. The quantitative estimate of drug-likeness (QED) is 0.718. The Kier molecular flexibility index (Phi) is 4.20. The van der Waals surface area contributed by atoms with Gasteiger partial charge < -0.3 is 0 Å². The van der Waals surface area contributed by atoms with Crippen molar-refractivity contribution in [2.24, 2.45) is 0 Å². The monoisotopic (exact) mass is 281 g/mol. The van der Waals surface area contributed by atoms with Crippen LogP contribution in [0.4, 0.5) is 0 Å². The van der Waals surface area contributed by atoms with E-state index >= 15 is 0 Å². The summed E-state index contributed by atoms with van der Waals surface area (Å²) >= 11 is -2.97. The minimum absolute atomic E-state index is 1.28. The first-order chi connectivity index (χ1) is 4.69. The Labute approximate surface area is 77.7 Å². The van der Waals surface area contributed by atoms with Crippen molar-refractivity contribution in [1.82, 2.24) is 2.81 Å². The molecule has 0 radical (unpaired) electrons. The second kappa shape index (κ2) is 3.84. The maximum absolute atomic E-state index is 2.88. The predicted molar refractivity (Wildman–Crippen MR) is 59.1 cm³/mol. The van der Waals surface area contributed by atoms with Crippen LogP contribution in [0.3, 0.4) is 0 Å². The van der Waals surface area contributed by atoms with E-state index in [-0.39, 0.29) is 0 Å². The molecule has 0 atom stereocenters. The summed E-state index contributed by atoms with van der Waals surface area (Å²) < 4.78 is 2.88. The zero-order valence-corrected chi connectivity index (χ0v) is 13.4. The van der Waals surface area contributed by atoms with E-state index in [1.165, 1.54) is 6.54 Å². The molecule has 0 aromatic carbocycles.